The summed E-state index contributed by atoms with van der Waals surface area (Å²) in [6.45, 7) is 2.13. The summed E-state index contributed by atoms with van der Waals surface area (Å²) in [7, 11) is 1.61. The lowest BCUT2D eigenvalue weighted by Crippen LogP contribution is -2.22. The van der Waals surface area contributed by atoms with Gasteiger partial charge in [-0.2, -0.15) is 0 Å². The molecule has 0 fully saturated rings. The van der Waals surface area contributed by atoms with Gasteiger partial charge in [0.15, 0.2) is 5.13 Å². The van der Waals surface area contributed by atoms with Crippen molar-refractivity contribution in [2.24, 2.45) is 0 Å². The lowest BCUT2D eigenvalue weighted by Gasteiger charge is -2.03. The van der Waals surface area contributed by atoms with Crippen LogP contribution in [0.2, 0.25) is 0 Å². The van der Waals surface area contributed by atoms with Crippen molar-refractivity contribution in [3.8, 4) is 17.0 Å². The van der Waals surface area contributed by atoms with Gasteiger partial charge in [-0.25, -0.2) is 4.98 Å². The lowest BCUT2D eigenvalue weighted by atomic mass is 10.1. The Morgan fingerprint density at radius 1 is 1.17 bits per heavy atom. The van der Waals surface area contributed by atoms with Gasteiger partial charge in [-0.05, 0) is 35.8 Å². The summed E-state index contributed by atoms with van der Waals surface area (Å²) < 4.78 is 5.18. The molecule has 0 aliphatic heterocycles. The van der Waals surface area contributed by atoms with Crippen LogP contribution in [0.15, 0.2) is 60.0 Å². The first kappa shape index (κ1) is 21.3. The number of methoxy groups -OCH3 is 1. The third kappa shape index (κ3) is 6.28. The molecule has 3 aromatic rings. The van der Waals surface area contributed by atoms with Gasteiger partial charge in [-0.15, -0.1) is 11.3 Å². The first-order valence-corrected chi connectivity index (χ1v) is 10.3. The highest BCUT2D eigenvalue weighted by Crippen LogP contribution is 2.25. The maximum atomic E-state index is 12.2. The van der Waals surface area contributed by atoms with Gasteiger partial charge in [0.05, 0.1) is 12.8 Å². The summed E-state index contributed by atoms with van der Waals surface area (Å²) in [5.41, 5.74) is 3.80. The molecule has 0 unspecified atom stereocenters. The number of hydrogen-bond donors (Lipinski definition) is 2. The molecule has 7 heteroatoms. The first-order valence-electron chi connectivity index (χ1n) is 9.46. The van der Waals surface area contributed by atoms with Crippen molar-refractivity contribution in [2.45, 2.75) is 13.3 Å². The number of amides is 2. The van der Waals surface area contributed by atoms with Crippen molar-refractivity contribution in [3.63, 3.8) is 0 Å². The highest BCUT2D eigenvalue weighted by molar-refractivity contribution is 7.14. The van der Waals surface area contributed by atoms with E-state index in [1.807, 2.05) is 53.9 Å². The van der Waals surface area contributed by atoms with Crippen LogP contribution in [-0.4, -0.2) is 30.5 Å². The van der Waals surface area contributed by atoms with Crippen LogP contribution in [0.3, 0.4) is 0 Å². The Kier molecular flexibility index (Phi) is 7.34. The average Bonchev–Trinajstić information content (AvgIpc) is 3.21. The fraction of sp³-hybridized carbons (Fsp3) is 0.174. The van der Waals surface area contributed by atoms with Crippen LogP contribution >= 0.6 is 11.3 Å². The SMILES string of the molecule is COc1cccc(/C=C/C(=O)Nc2nc(-c3ccc(CCNC(C)=O)cc3)cs2)c1. The van der Waals surface area contributed by atoms with Gasteiger partial charge in [0, 0.05) is 30.5 Å². The molecule has 2 N–H and O–H groups in total. The molecule has 0 saturated carbocycles. The number of benzene rings is 2. The number of aromatic nitrogens is 1. The van der Waals surface area contributed by atoms with E-state index in [9.17, 15) is 9.59 Å². The van der Waals surface area contributed by atoms with Crippen molar-refractivity contribution in [1.29, 1.82) is 0 Å². The standard InChI is InChI=1S/C23H23N3O3S/c1-16(27)24-13-12-17-6-9-19(10-7-17)21-15-30-23(25-21)26-22(28)11-8-18-4-3-5-20(14-18)29-2/h3-11,14-15H,12-13H2,1-2H3,(H,24,27)(H,25,26,28)/b11-8+. The minimum Gasteiger partial charge on any atom is -0.497 e. The van der Waals surface area contributed by atoms with Gasteiger partial charge in [0.1, 0.15) is 5.75 Å². The van der Waals surface area contributed by atoms with Crippen LogP contribution < -0.4 is 15.4 Å². The van der Waals surface area contributed by atoms with Gasteiger partial charge in [-0.3, -0.25) is 14.9 Å². The Bertz CT molecular complexity index is 1040. The summed E-state index contributed by atoms with van der Waals surface area (Å²) in [6.07, 6.45) is 3.98. The zero-order valence-electron chi connectivity index (χ0n) is 16.8. The summed E-state index contributed by atoms with van der Waals surface area (Å²) in [6, 6.07) is 15.5. The Balaban J connectivity index is 1.57. The second-order valence-electron chi connectivity index (χ2n) is 6.57. The Hall–Kier alpha value is -3.45. The Labute approximate surface area is 179 Å². The van der Waals surface area contributed by atoms with Gasteiger partial charge in [0.2, 0.25) is 11.8 Å². The molecule has 0 spiro atoms. The molecule has 0 radical (unpaired) electrons. The maximum Gasteiger partial charge on any atom is 0.250 e. The van der Waals surface area contributed by atoms with E-state index in [2.05, 4.69) is 15.6 Å². The molecule has 1 aromatic heterocycles. The van der Waals surface area contributed by atoms with E-state index in [1.54, 1.807) is 13.2 Å². The normalized spacial score (nSPS) is 10.7. The summed E-state index contributed by atoms with van der Waals surface area (Å²) in [4.78, 5) is 27.6. The van der Waals surface area contributed by atoms with E-state index < -0.39 is 0 Å². The summed E-state index contributed by atoms with van der Waals surface area (Å²) in [5.74, 6) is 0.470. The molecule has 0 saturated heterocycles. The molecule has 154 valence electrons. The topological polar surface area (TPSA) is 80.3 Å². The monoisotopic (exact) mass is 421 g/mol. The molecule has 1 heterocycles. The third-order valence-corrected chi connectivity index (χ3v) is 5.05. The number of hydrogen-bond acceptors (Lipinski definition) is 5. The van der Waals surface area contributed by atoms with Crippen molar-refractivity contribution in [2.75, 3.05) is 19.0 Å². The Morgan fingerprint density at radius 3 is 2.70 bits per heavy atom. The number of carbonyl (C=O) groups is 2. The van der Waals surface area contributed by atoms with Crippen LogP contribution in [-0.2, 0) is 16.0 Å². The lowest BCUT2D eigenvalue weighted by molar-refractivity contribution is -0.119. The number of rotatable bonds is 8. The molecule has 2 amide bonds. The highest BCUT2D eigenvalue weighted by atomic mass is 32.1. The average molecular weight is 422 g/mol. The van der Waals surface area contributed by atoms with Gasteiger partial charge >= 0.3 is 0 Å². The van der Waals surface area contributed by atoms with Crippen LogP contribution in [0.1, 0.15) is 18.1 Å². The van der Waals surface area contributed by atoms with E-state index in [1.165, 1.54) is 24.3 Å². The minimum absolute atomic E-state index is 0.0259. The molecule has 0 atom stereocenters. The van der Waals surface area contributed by atoms with Crippen LogP contribution in [0.5, 0.6) is 5.75 Å². The fourth-order valence-corrected chi connectivity index (χ4v) is 3.48. The number of thiazole rings is 1. The van der Waals surface area contributed by atoms with E-state index in [0.717, 1.165) is 34.6 Å². The number of ether oxygens (including phenoxy) is 1. The molecule has 0 aliphatic carbocycles. The van der Waals surface area contributed by atoms with E-state index in [-0.39, 0.29) is 11.8 Å². The molecule has 3 rings (SSSR count). The van der Waals surface area contributed by atoms with Gasteiger partial charge in [0.25, 0.3) is 0 Å². The van der Waals surface area contributed by atoms with Crippen molar-refractivity contribution in [3.05, 3.63) is 71.1 Å². The second-order valence-corrected chi connectivity index (χ2v) is 7.43. The summed E-state index contributed by atoms with van der Waals surface area (Å²) in [5, 5.41) is 8.03. The van der Waals surface area contributed by atoms with Crippen molar-refractivity contribution < 1.29 is 14.3 Å². The summed E-state index contributed by atoms with van der Waals surface area (Å²) >= 11 is 1.38. The minimum atomic E-state index is -0.243. The number of nitrogens with zero attached hydrogens (tertiary/aromatic N) is 1. The van der Waals surface area contributed by atoms with Crippen LogP contribution in [0.25, 0.3) is 17.3 Å². The second kappa shape index (κ2) is 10.4. The Morgan fingerprint density at radius 2 is 1.97 bits per heavy atom. The van der Waals surface area contributed by atoms with Crippen molar-refractivity contribution >= 4 is 34.4 Å². The van der Waals surface area contributed by atoms with Crippen LogP contribution in [0.4, 0.5) is 5.13 Å². The van der Waals surface area contributed by atoms with E-state index in [0.29, 0.717) is 11.7 Å². The number of anilines is 1. The van der Waals surface area contributed by atoms with Crippen molar-refractivity contribution in [1.82, 2.24) is 10.3 Å². The predicted octanol–water partition coefficient (Wildman–Crippen LogP) is 4.15. The largest absolute Gasteiger partial charge is 0.497 e. The number of nitrogens with one attached hydrogen (secondary N) is 2. The molecule has 0 bridgehead atoms. The fourth-order valence-electron chi connectivity index (χ4n) is 2.75. The quantitative estimate of drug-likeness (QED) is 0.536. The smallest absolute Gasteiger partial charge is 0.250 e. The van der Waals surface area contributed by atoms with Crippen LogP contribution in [0, 0.1) is 0 Å². The predicted molar refractivity (Wildman–Crippen MR) is 121 cm³/mol. The van der Waals surface area contributed by atoms with E-state index >= 15 is 0 Å². The first-order chi connectivity index (χ1) is 14.5. The number of carbonyl (C=O) groups excluding carboxylic acids is 2. The molecule has 30 heavy (non-hydrogen) atoms. The molecule has 6 nitrogen and oxygen atoms in total. The van der Waals surface area contributed by atoms with Gasteiger partial charge < -0.3 is 10.1 Å². The zero-order chi connectivity index (χ0) is 21.3. The molecular weight excluding hydrogens is 398 g/mol. The molecule has 0 aliphatic rings. The third-order valence-electron chi connectivity index (χ3n) is 4.29. The van der Waals surface area contributed by atoms with Gasteiger partial charge in [-0.1, -0.05) is 36.4 Å². The molecular formula is C23H23N3O3S. The highest BCUT2D eigenvalue weighted by Gasteiger charge is 2.07. The molecule has 2 aromatic carbocycles. The zero-order valence-corrected chi connectivity index (χ0v) is 17.7. The van der Waals surface area contributed by atoms with E-state index in [4.69, 9.17) is 4.74 Å². The maximum absolute atomic E-state index is 12.2.